The van der Waals surface area contributed by atoms with Crippen molar-refractivity contribution in [2.45, 2.75) is 19.4 Å². The topological polar surface area (TPSA) is 112 Å². The number of nitrogens with zero attached hydrogens (tertiary/aromatic N) is 3. The van der Waals surface area contributed by atoms with E-state index in [1.807, 2.05) is 25.1 Å². The zero-order valence-electron chi connectivity index (χ0n) is 15.4. The second-order valence-electron chi connectivity index (χ2n) is 6.82. The van der Waals surface area contributed by atoms with Crippen molar-refractivity contribution in [2.24, 2.45) is 5.92 Å². The Labute approximate surface area is 163 Å². The Morgan fingerprint density at radius 1 is 1.39 bits per heavy atom. The van der Waals surface area contributed by atoms with Crippen molar-refractivity contribution < 1.29 is 14.4 Å². The predicted molar refractivity (Wildman–Crippen MR) is 106 cm³/mol. The molecule has 0 aliphatic carbocycles. The number of aryl methyl sites for hydroxylation is 1. The fourth-order valence-electron chi connectivity index (χ4n) is 3.20. The van der Waals surface area contributed by atoms with Gasteiger partial charge in [0.1, 0.15) is 11.6 Å². The van der Waals surface area contributed by atoms with Crippen LogP contribution in [-0.4, -0.2) is 41.4 Å². The number of aromatic nitrogens is 2. The first-order valence-electron chi connectivity index (χ1n) is 9.14. The van der Waals surface area contributed by atoms with Gasteiger partial charge in [-0.15, -0.1) is 0 Å². The lowest BCUT2D eigenvalue weighted by Gasteiger charge is -2.28. The molecule has 0 saturated carbocycles. The van der Waals surface area contributed by atoms with Crippen LogP contribution in [-0.2, 0) is 4.74 Å². The van der Waals surface area contributed by atoms with Crippen LogP contribution in [0.15, 0.2) is 30.4 Å². The fourth-order valence-corrected chi connectivity index (χ4v) is 3.20. The number of fused-ring (bicyclic) bond motifs is 1. The van der Waals surface area contributed by atoms with Gasteiger partial charge in [0.2, 0.25) is 5.95 Å². The zero-order chi connectivity index (χ0) is 19.5. The van der Waals surface area contributed by atoms with Gasteiger partial charge in [-0.2, -0.15) is 10.2 Å². The van der Waals surface area contributed by atoms with Gasteiger partial charge < -0.3 is 25.0 Å². The third kappa shape index (κ3) is 3.93. The highest BCUT2D eigenvalue weighted by Crippen LogP contribution is 2.29. The van der Waals surface area contributed by atoms with Crippen LogP contribution in [0.4, 0.5) is 17.5 Å². The highest BCUT2D eigenvalue weighted by Gasteiger charge is 2.26. The highest BCUT2D eigenvalue weighted by molar-refractivity contribution is 6.51. The van der Waals surface area contributed by atoms with Crippen molar-refractivity contribution in [1.82, 2.24) is 9.97 Å². The summed E-state index contributed by atoms with van der Waals surface area (Å²) in [6.45, 7) is 3.00. The summed E-state index contributed by atoms with van der Waals surface area (Å²) in [5.41, 5.74) is 2.52. The summed E-state index contributed by atoms with van der Waals surface area (Å²) in [6.07, 6.45) is 4.25. The summed E-state index contributed by atoms with van der Waals surface area (Å²) >= 11 is 0. The Kier molecular flexibility index (Phi) is 5.15. The van der Waals surface area contributed by atoms with Crippen LogP contribution in [0.5, 0.6) is 5.75 Å². The van der Waals surface area contributed by atoms with E-state index in [9.17, 15) is 10.3 Å². The number of nitrogens with one attached hydrogen (secondary N) is 2. The molecule has 2 aromatic rings. The maximum Gasteiger partial charge on any atom is 0.552 e. The first-order valence-corrected chi connectivity index (χ1v) is 9.14. The number of rotatable bonds is 4. The molecular formula is C19H20BN5O3. The number of ether oxygens (including phenoxy) is 1. The van der Waals surface area contributed by atoms with Gasteiger partial charge in [0, 0.05) is 35.7 Å². The predicted octanol–water partition coefficient (Wildman–Crippen LogP) is 2.29. The van der Waals surface area contributed by atoms with Crippen LogP contribution in [0, 0.1) is 24.2 Å². The van der Waals surface area contributed by atoms with Crippen molar-refractivity contribution in [3.63, 3.8) is 0 Å². The monoisotopic (exact) mass is 377 g/mol. The molecule has 142 valence electrons. The SMILES string of the molecule is Cc1cnc(Nc2ccc3c(c2)OB(O)C=C3)nc1N[C@H]1COCC[C@@H]1C#N. The van der Waals surface area contributed by atoms with Crippen LogP contribution in [0.2, 0.25) is 0 Å². The van der Waals surface area contributed by atoms with Crippen molar-refractivity contribution in [3.05, 3.63) is 41.5 Å². The van der Waals surface area contributed by atoms with Crippen LogP contribution in [0.25, 0.3) is 6.08 Å². The molecule has 0 bridgehead atoms. The van der Waals surface area contributed by atoms with Crippen LogP contribution >= 0.6 is 0 Å². The Morgan fingerprint density at radius 2 is 2.29 bits per heavy atom. The second-order valence-corrected chi connectivity index (χ2v) is 6.82. The fraction of sp³-hybridized carbons (Fsp3) is 0.316. The lowest BCUT2D eigenvalue weighted by molar-refractivity contribution is 0.0698. The van der Waals surface area contributed by atoms with Crippen molar-refractivity contribution in [2.75, 3.05) is 23.8 Å². The van der Waals surface area contributed by atoms with Gasteiger partial charge >= 0.3 is 7.12 Å². The summed E-state index contributed by atoms with van der Waals surface area (Å²) in [5.74, 6) is 3.14. The van der Waals surface area contributed by atoms with Gasteiger partial charge in [-0.25, -0.2) is 4.98 Å². The standard InChI is InChI=1S/C19H20BN5O3/c1-12-10-22-19(25-18(12)24-16-11-27-7-5-14(16)9-21)23-15-3-2-13-4-6-20(26)28-17(13)8-15/h2-4,6,8,10,14,16,26H,5,7,11H2,1H3,(H2,22,23,24,25)/t14-,16+/m1/s1. The molecule has 8 nitrogen and oxygen atoms in total. The van der Waals surface area contributed by atoms with E-state index in [0.717, 1.165) is 16.8 Å². The molecule has 1 aromatic carbocycles. The molecule has 1 aromatic heterocycles. The Bertz CT molecular complexity index is 946. The minimum atomic E-state index is -0.944. The first kappa shape index (κ1) is 18.3. The summed E-state index contributed by atoms with van der Waals surface area (Å²) in [7, 11) is -0.944. The van der Waals surface area contributed by atoms with Crippen LogP contribution in [0.3, 0.4) is 0 Å². The van der Waals surface area contributed by atoms with E-state index >= 15 is 0 Å². The van der Waals surface area contributed by atoms with Gasteiger partial charge in [-0.3, -0.25) is 0 Å². The van der Waals surface area contributed by atoms with Crippen molar-refractivity contribution in [1.29, 1.82) is 5.26 Å². The normalized spacial score (nSPS) is 20.7. The van der Waals surface area contributed by atoms with E-state index in [4.69, 9.17) is 9.39 Å². The average Bonchev–Trinajstić information content (AvgIpc) is 2.70. The highest BCUT2D eigenvalue weighted by atomic mass is 16.5. The third-order valence-corrected chi connectivity index (χ3v) is 4.77. The van der Waals surface area contributed by atoms with Crippen LogP contribution < -0.4 is 15.3 Å². The third-order valence-electron chi connectivity index (χ3n) is 4.77. The molecule has 9 heteroatoms. The van der Waals surface area contributed by atoms with E-state index in [1.54, 1.807) is 18.2 Å². The maximum atomic E-state index is 9.61. The molecule has 2 atom stereocenters. The van der Waals surface area contributed by atoms with Gasteiger partial charge in [-0.1, -0.05) is 6.08 Å². The van der Waals surface area contributed by atoms with Crippen molar-refractivity contribution >= 4 is 30.6 Å². The van der Waals surface area contributed by atoms with Gasteiger partial charge in [0.25, 0.3) is 0 Å². The number of hydrogen-bond donors (Lipinski definition) is 3. The summed E-state index contributed by atoms with van der Waals surface area (Å²) in [4.78, 5) is 8.89. The lowest BCUT2D eigenvalue weighted by Crippen LogP contribution is -2.38. The van der Waals surface area contributed by atoms with Crippen molar-refractivity contribution in [3.8, 4) is 11.8 Å². The number of nitriles is 1. The molecular weight excluding hydrogens is 357 g/mol. The van der Waals surface area contributed by atoms with Gasteiger partial charge in [0.15, 0.2) is 0 Å². The number of benzene rings is 1. The minimum Gasteiger partial charge on any atom is -0.532 e. The van der Waals surface area contributed by atoms with E-state index in [0.29, 0.717) is 37.2 Å². The molecule has 0 spiro atoms. The van der Waals surface area contributed by atoms with E-state index < -0.39 is 7.12 Å². The van der Waals surface area contributed by atoms with E-state index in [1.165, 1.54) is 0 Å². The molecule has 2 aliphatic rings. The Balaban J connectivity index is 1.52. The summed E-state index contributed by atoms with van der Waals surface area (Å²) < 4.78 is 10.9. The van der Waals surface area contributed by atoms with Crippen LogP contribution in [0.1, 0.15) is 17.5 Å². The summed E-state index contributed by atoms with van der Waals surface area (Å²) in [5, 5.41) is 25.4. The quantitative estimate of drug-likeness (QED) is 0.696. The molecule has 1 saturated heterocycles. The smallest absolute Gasteiger partial charge is 0.532 e. The number of hydrogen-bond acceptors (Lipinski definition) is 8. The molecule has 28 heavy (non-hydrogen) atoms. The first-order chi connectivity index (χ1) is 13.6. The molecule has 1 fully saturated rings. The minimum absolute atomic E-state index is 0.106. The molecule has 3 N–H and O–H groups in total. The molecule has 0 amide bonds. The zero-order valence-corrected chi connectivity index (χ0v) is 15.4. The van der Waals surface area contributed by atoms with Gasteiger partial charge in [0.05, 0.1) is 24.6 Å². The number of anilines is 3. The van der Waals surface area contributed by atoms with Gasteiger partial charge in [-0.05, 0) is 31.5 Å². The molecule has 0 unspecified atom stereocenters. The lowest BCUT2D eigenvalue weighted by atomic mass is 9.86. The molecule has 2 aliphatic heterocycles. The second kappa shape index (κ2) is 7.88. The molecule has 3 heterocycles. The molecule has 0 radical (unpaired) electrons. The largest absolute Gasteiger partial charge is 0.552 e. The maximum absolute atomic E-state index is 9.61. The summed E-state index contributed by atoms with van der Waals surface area (Å²) in [6, 6.07) is 7.81. The Hall–Kier alpha value is -3.09. The van der Waals surface area contributed by atoms with E-state index in [-0.39, 0.29) is 12.0 Å². The van der Waals surface area contributed by atoms with E-state index in [2.05, 4.69) is 26.7 Å². The molecule has 4 rings (SSSR count). The average molecular weight is 377 g/mol. The Morgan fingerprint density at radius 3 is 3.14 bits per heavy atom.